The van der Waals surface area contributed by atoms with Crippen molar-refractivity contribution in [1.82, 2.24) is 0 Å². The fraction of sp³-hybridized carbons (Fsp3) is 0.224. The lowest BCUT2D eigenvalue weighted by Gasteiger charge is -2.24. The zero-order valence-electron chi connectivity index (χ0n) is 31.3. The van der Waals surface area contributed by atoms with Crippen LogP contribution in [0.3, 0.4) is 0 Å². The first-order chi connectivity index (χ1) is 24.6. The van der Waals surface area contributed by atoms with Crippen LogP contribution >= 0.6 is 11.3 Å². The van der Waals surface area contributed by atoms with E-state index in [0.717, 1.165) is 19.4 Å². The predicted octanol–water partition coefficient (Wildman–Crippen LogP) is 13.6. The van der Waals surface area contributed by atoms with Crippen LogP contribution in [0, 0.1) is 27.7 Å². The van der Waals surface area contributed by atoms with Crippen LogP contribution in [0.15, 0.2) is 146 Å². The van der Waals surface area contributed by atoms with E-state index in [2.05, 4.69) is 181 Å². The van der Waals surface area contributed by atoms with Crippen LogP contribution in [0.25, 0.3) is 31.3 Å². The number of hydrogen-bond acceptors (Lipinski definition) is 2. The van der Waals surface area contributed by atoms with Crippen LogP contribution in [0.4, 0.5) is 5.69 Å². The summed E-state index contributed by atoms with van der Waals surface area (Å²) in [5, 5.41) is 2.78. The molecular weight excluding hydrogens is 635 g/mol. The van der Waals surface area contributed by atoms with Crippen LogP contribution in [-0.2, 0) is 11.8 Å². The molecule has 0 spiro atoms. The van der Waals surface area contributed by atoms with Crippen molar-refractivity contribution in [2.75, 3.05) is 18.5 Å². The molecule has 0 radical (unpaired) electrons. The summed E-state index contributed by atoms with van der Waals surface area (Å²) >= 11 is 1.87. The molecule has 0 fully saturated rings. The zero-order chi connectivity index (χ0) is 36.0. The normalized spacial score (nSPS) is 12.5. The number of fused-ring (bicyclic) bond motifs is 6. The van der Waals surface area contributed by atoms with E-state index in [0.29, 0.717) is 0 Å². The summed E-state index contributed by atoms with van der Waals surface area (Å²) < 4.78 is 2.77. The molecule has 8 rings (SSSR count). The molecule has 7 aromatic rings. The first-order valence-electron chi connectivity index (χ1n) is 18.2. The number of rotatable bonds is 6. The first-order valence-corrected chi connectivity index (χ1v) is 19.0. The lowest BCUT2D eigenvalue weighted by atomic mass is 9.82. The zero-order valence-corrected chi connectivity index (χ0v) is 32.1. The third-order valence-corrected chi connectivity index (χ3v) is 11.3. The van der Waals surface area contributed by atoms with Gasteiger partial charge in [0.2, 0.25) is 0 Å². The van der Waals surface area contributed by atoms with Gasteiger partial charge in [0.05, 0.1) is 0 Å². The molecule has 6 aromatic carbocycles. The molecule has 1 aliphatic rings. The number of anilines is 1. The minimum atomic E-state index is 0.0565. The Kier molecular flexibility index (Phi) is 11.2. The summed E-state index contributed by atoms with van der Waals surface area (Å²) in [6, 6.07) is 48.0. The van der Waals surface area contributed by atoms with Crippen molar-refractivity contribution >= 4 is 37.2 Å². The quantitative estimate of drug-likeness (QED) is 0.158. The van der Waals surface area contributed by atoms with Gasteiger partial charge < -0.3 is 4.90 Å². The van der Waals surface area contributed by atoms with Crippen molar-refractivity contribution in [3.63, 3.8) is 0 Å². The van der Waals surface area contributed by atoms with Crippen molar-refractivity contribution in [2.45, 2.75) is 59.8 Å². The Morgan fingerprint density at radius 3 is 1.94 bits per heavy atom. The second kappa shape index (κ2) is 16.0. The Balaban J connectivity index is 0.000000173. The van der Waals surface area contributed by atoms with Gasteiger partial charge in [0, 0.05) is 44.9 Å². The van der Waals surface area contributed by atoms with Crippen LogP contribution in [0.2, 0.25) is 0 Å². The maximum atomic E-state index is 2.40. The number of thiophene rings is 1. The minimum absolute atomic E-state index is 0.0565. The second-order valence-corrected chi connectivity index (χ2v) is 15.6. The molecule has 0 saturated carbocycles. The standard InChI is InChI=1S/C29H33N.C13H10S.C7H8/c1-21-14-16-25-26-17-15-24(20-28(26)29(3,4)27(25)19-21)30(5)18-10-6-7-12-23-13-9-8-11-22(23)2;1-9-6-7-13-11(8-9)10-4-2-3-5-12(10)14-13;1-7-5-3-2-4-6-7/h6-9,11,13-17,19-20H,10,12,18H2,1-5H3;2-8H,1H3;2-6H,1H3/b7-6-;;. The van der Waals surface area contributed by atoms with Crippen molar-refractivity contribution < 1.29 is 0 Å². The lowest BCUT2D eigenvalue weighted by molar-refractivity contribution is 0.659. The molecule has 1 heterocycles. The van der Waals surface area contributed by atoms with Crippen molar-refractivity contribution in [2.24, 2.45) is 0 Å². The molecule has 0 aliphatic heterocycles. The van der Waals surface area contributed by atoms with Crippen molar-refractivity contribution in [3.8, 4) is 11.1 Å². The molecule has 51 heavy (non-hydrogen) atoms. The number of hydrogen-bond donors (Lipinski definition) is 0. The lowest BCUT2D eigenvalue weighted by Crippen LogP contribution is -2.20. The van der Waals surface area contributed by atoms with E-state index in [9.17, 15) is 0 Å². The number of allylic oxidation sites excluding steroid dienone is 1. The van der Waals surface area contributed by atoms with Gasteiger partial charge in [0.25, 0.3) is 0 Å². The highest BCUT2D eigenvalue weighted by Crippen LogP contribution is 2.49. The predicted molar refractivity (Wildman–Crippen MR) is 226 cm³/mol. The van der Waals surface area contributed by atoms with Crippen LogP contribution in [-0.4, -0.2) is 13.6 Å². The Hall–Kier alpha value is -4.92. The first kappa shape index (κ1) is 35.9. The summed E-state index contributed by atoms with van der Waals surface area (Å²) in [7, 11) is 2.20. The van der Waals surface area contributed by atoms with Gasteiger partial charge in [-0.25, -0.2) is 0 Å². The van der Waals surface area contributed by atoms with Gasteiger partial charge in [-0.2, -0.15) is 0 Å². The summed E-state index contributed by atoms with van der Waals surface area (Å²) in [5.74, 6) is 0. The van der Waals surface area contributed by atoms with Crippen molar-refractivity contribution in [3.05, 3.63) is 185 Å². The molecule has 0 unspecified atom stereocenters. The Morgan fingerprint density at radius 2 is 1.20 bits per heavy atom. The van der Waals surface area contributed by atoms with Crippen LogP contribution in [0.1, 0.15) is 59.2 Å². The molecular formula is C49H51NS. The molecule has 2 heteroatoms. The molecule has 0 atom stereocenters. The van der Waals surface area contributed by atoms with E-state index < -0.39 is 0 Å². The van der Waals surface area contributed by atoms with E-state index in [-0.39, 0.29) is 5.41 Å². The van der Waals surface area contributed by atoms with Crippen LogP contribution < -0.4 is 4.90 Å². The number of benzene rings is 6. The summed E-state index contributed by atoms with van der Waals surface area (Å²) in [5.41, 5.74) is 13.8. The third-order valence-electron chi connectivity index (χ3n) is 10.1. The highest BCUT2D eigenvalue weighted by atomic mass is 32.1. The van der Waals surface area contributed by atoms with Gasteiger partial charge in [-0.15, -0.1) is 11.3 Å². The summed E-state index contributed by atoms with van der Waals surface area (Å²) in [4.78, 5) is 2.38. The third kappa shape index (κ3) is 8.35. The maximum Gasteiger partial charge on any atom is 0.0367 e. The monoisotopic (exact) mass is 685 g/mol. The van der Waals surface area contributed by atoms with Gasteiger partial charge in [-0.05, 0) is 104 Å². The molecule has 1 aromatic heterocycles. The number of nitrogens with zero attached hydrogens (tertiary/aromatic N) is 1. The highest BCUT2D eigenvalue weighted by Gasteiger charge is 2.35. The van der Waals surface area contributed by atoms with E-state index in [1.807, 2.05) is 29.5 Å². The molecule has 0 bridgehead atoms. The molecule has 1 nitrogen and oxygen atoms in total. The van der Waals surface area contributed by atoms with Gasteiger partial charge in [-0.1, -0.05) is 146 Å². The van der Waals surface area contributed by atoms with Crippen molar-refractivity contribution in [1.29, 1.82) is 0 Å². The van der Waals surface area contributed by atoms with Gasteiger partial charge in [0.15, 0.2) is 0 Å². The molecule has 1 aliphatic carbocycles. The van der Waals surface area contributed by atoms with Gasteiger partial charge >= 0.3 is 0 Å². The number of aryl methyl sites for hydroxylation is 4. The van der Waals surface area contributed by atoms with E-state index in [1.54, 1.807) is 0 Å². The maximum absolute atomic E-state index is 2.40. The Labute approximate surface area is 309 Å². The topological polar surface area (TPSA) is 3.24 Å². The average Bonchev–Trinajstić information content (AvgIpc) is 3.60. The van der Waals surface area contributed by atoms with Crippen LogP contribution in [0.5, 0.6) is 0 Å². The largest absolute Gasteiger partial charge is 0.374 e. The average molecular weight is 686 g/mol. The van der Waals surface area contributed by atoms with E-state index in [1.165, 1.54) is 75.9 Å². The highest BCUT2D eigenvalue weighted by molar-refractivity contribution is 7.25. The smallest absolute Gasteiger partial charge is 0.0367 e. The molecule has 258 valence electrons. The second-order valence-electron chi connectivity index (χ2n) is 14.5. The van der Waals surface area contributed by atoms with Gasteiger partial charge in [0.1, 0.15) is 0 Å². The molecule has 0 saturated heterocycles. The molecule has 0 amide bonds. The fourth-order valence-corrected chi connectivity index (χ4v) is 8.10. The minimum Gasteiger partial charge on any atom is -0.374 e. The SMILES string of the molecule is Cc1ccc2c(c1)C(C)(C)c1cc(N(C)CC/C=C\Cc3ccccc3C)ccc1-2.Cc1ccc2sc3ccccc3c2c1.Cc1ccccc1. The molecule has 0 N–H and O–H groups in total. The summed E-state index contributed by atoms with van der Waals surface area (Å²) in [6.07, 6.45) is 6.70. The van der Waals surface area contributed by atoms with E-state index in [4.69, 9.17) is 0 Å². The van der Waals surface area contributed by atoms with Gasteiger partial charge in [-0.3, -0.25) is 0 Å². The fourth-order valence-electron chi connectivity index (χ4n) is 7.02. The Bertz CT molecular complexity index is 2270. The van der Waals surface area contributed by atoms with E-state index >= 15 is 0 Å². The Morgan fingerprint density at radius 1 is 0.569 bits per heavy atom. The summed E-state index contributed by atoms with van der Waals surface area (Å²) in [6.45, 7) is 14.3.